The van der Waals surface area contributed by atoms with Gasteiger partial charge in [-0.2, -0.15) is 0 Å². The van der Waals surface area contributed by atoms with E-state index in [1.165, 1.54) is 24.4 Å². The fraction of sp³-hybridized carbons (Fsp3) is 0.700. The fourth-order valence-corrected chi connectivity index (χ4v) is 2.18. The van der Waals surface area contributed by atoms with E-state index in [2.05, 4.69) is 16.5 Å². The molecule has 3 heteroatoms. The fourth-order valence-electron chi connectivity index (χ4n) is 2.18. The summed E-state index contributed by atoms with van der Waals surface area (Å²) in [5.41, 5.74) is 7.08. The zero-order valence-corrected chi connectivity index (χ0v) is 8.16. The Bertz CT molecular complexity index is 290. The number of aryl methyl sites for hydroxylation is 1. The Hall–Kier alpha value is -0.830. The number of nitrogens with two attached hydrogens (primary N) is 1. The van der Waals surface area contributed by atoms with Gasteiger partial charge in [0.15, 0.2) is 0 Å². The van der Waals surface area contributed by atoms with Gasteiger partial charge in [0.05, 0.1) is 0 Å². The molecule has 13 heavy (non-hydrogen) atoms. The van der Waals surface area contributed by atoms with E-state index in [1.54, 1.807) is 0 Å². The second-order valence-electron chi connectivity index (χ2n) is 3.68. The van der Waals surface area contributed by atoms with Crippen LogP contribution in [0.15, 0.2) is 6.20 Å². The zero-order chi connectivity index (χ0) is 9.26. The van der Waals surface area contributed by atoms with E-state index in [4.69, 9.17) is 5.73 Å². The first kappa shape index (κ1) is 8.75. The van der Waals surface area contributed by atoms with Gasteiger partial charge < -0.3 is 10.3 Å². The number of hydrogen-bond donors (Lipinski definition) is 1. The van der Waals surface area contributed by atoms with Crippen molar-refractivity contribution in [2.45, 2.75) is 38.6 Å². The molecule has 1 aromatic rings. The standard InChI is InChI=1S/C10H17N3/c1-2-10-12-7-9-8(6-11)4-3-5-13(9)10/h7-8H,2-6,11H2,1H3. The van der Waals surface area contributed by atoms with Gasteiger partial charge in [-0.3, -0.25) is 0 Å². The van der Waals surface area contributed by atoms with Crippen LogP contribution in [0.5, 0.6) is 0 Å². The summed E-state index contributed by atoms with van der Waals surface area (Å²) in [6, 6.07) is 0. The number of imidazole rings is 1. The van der Waals surface area contributed by atoms with Crippen molar-refractivity contribution in [1.29, 1.82) is 0 Å². The molecule has 1 unspecified atom stereocenters. The van der Waals surface area contributed by atoms with Crippen LogP contribution < -0.4 is 5.73 Å². The van der Waals surface area contributed by atoms with Crippen LogP contribution >= 0.6 is 0 Å². The third-order valence-corrected chi connectivity index (χ3v) is 2.92. The van der Waals surface area contributed by atoms with Crippen molar-refractivity contribution < 1.29 is 0 Å². The molecule has 0 fully saturated rings. The number of rotatable bonds is 2. The largest absolute Gasteiger partial charge is 0.332 e. The molecule has 1 atom stereocenters. The van der Waals surface area contributed by atoms with Crippen molar-refractivity contribution in [1.82, 2.24) is 9.55 Å². The average molecular weight is 179 g/mol. The Morgan fingerprint density at radius 1 is 1.69 bits per heavy atom. The molecular weight excluding hydrogens is 162 g/mol. The molecule has 0 spiro atoms. The van der Waals surface area contributed by atoms with Gasteiger partial charge in [-0.25, -0.2) is 4.98 Å². The van der Waals surface area contributed by atoms with Gasteiger partial charge in [-0.05, 0) is 12.8 Å². The first-order chi connectivity index (χ1) is 6.36. The molecule has 0 amide bonds. The van der Waals surface area contributed by atoms with Gasteiger partial charge in [-0.1, -0.05) is 6.92 Å². The van der Waals surface area contributed by atoms with Gasteiger partial charge in [0, 0.05) is 37.3 Å². The van der Waals surface area contributed by atoms with Crippen LogP contribution in [0.2, 0.25) is 0 Å². The molecule has 72 valence electrons. The van der Waals surface area contributed by atoms with E-state index in [-0.39, 0.29) is 0 Å². The zero-order valence-electron chi connectivity index (χ0n) is 8.16. The van der Waals surface area contributed by atoms with Crippen molar-refractivity contribution in [2.75, 3.05) is 6.54 Å². The lowest BCUT2D eigenvalue weighted by Gasteiger charge is -2.23. The maximum absolute atomic E-state index is 5.73. The van der Waals surface area contributed by atoms with Crippen molar-refractivity contribution in [3.63, 3.8) is 0 Å². The van der Waals surface area contributed by atoms with Gasteiger partial charge in [-0.15, -0.1) is 0 Å². The summed E-state index contributed by atoms with van der Waals surface area (Å²) < 4.78 is 2.35. The Morgan fingerprint density at radius 3 is 3.23 bits per heavy atom. The quantitative estimate of drug-likeness (QED) is 0.743. The second kappa shape index (κ2) is 3.50. The lowest BCUT2D eigenvalue weighted by Crippen LogP contribution is -2.22. The number of nitrogens with zero attached hydrogens (tertiary/aromatic N) is 2. The normalized spacial score (nSPS) is 21.5. The molecule has 1 aromatic heterocycles. The smallest absolute Gasteiger partial charge is 0.108 e. The van der Waals surface area contributed by atoms with Crippen molar-refractivity contribution in [3.8, 4) is 0 Å². The maximum Gasteiger partial charge on any atom is 0.108 e. The molecule has 2 rings (SSSR count). The molecule has 1 aliphatic rings. The Kier molecular flexibility index (Phi) is 2.36. The van der Waals surface area contributed by atoms with Crippen LogP contribution in [0.25, 0.3) is 0 Å². The summed E-state index contributed by atoms with van der Waals surface area (Å²) >= 11 is 0. The Balaban J connectivity index is 2.36. The van der Waals surface area contributed by atoms with Crippen LogP contribution in [0.1, 0.15) is 37.2 Å². The van der Waals surface area contributed by atoms with Gasteiger partial charge in [0.1, 0.15) is 5.82 Å². The highest BCUT2D eigenvalue weighted by atomic mass is 15.1. The maximum atomic E-state index is 5.73. The molecule has 0 aliphatic carbocycles. The molecular formula is C10H17N3. The SMILES string of the molecule is CCc1ncc2n1CCCC2CN. The summed E-state index contributed by atoms with van der Waals surface area (Å²) in [6.07, 6.45) is 5.51. The summed E-state index contributed by atoms with van der Waals surface area (Å²) in [5, 5.41) is 0. The van der Waals surface area contributed by atoms with Crippen molar-refractivity contribution in [2.24, 2.45) is 5.73 Å². The molecule has 3 nitrogen and oxygen atoms in total. The molecule has 0 bridgehead atoms. The first-order valence-electron chi connectivity index (χ1n) is 5.11. The van der Waals surface area contributed by atoms with Gasteiger partial charge in [0.25, 0.3) is 0 Å². The summed E-state index contributed by atoms with van der Waals surface area (Å²) in [5.74, 6) is 1.76. The first-order valence-corrected chi connectivity index (χ1v) is 5.11. The number of hydrogen-bond acceptors (Lipinski definition) is 2. The highest BCUT2D eigenvalue weighted by molar-refractivity contribution is 5.13. The van der Waals surface area contributed by atoms with E-state index in [0.29, 0.717) is 5.92 Å². The van der Waals surface area contributed by atoms with Gasteiger partial charge in [0.2, 0.25) is 0 Å². The summed E-state index contributed by atoms with van der Waals surface area (Å²) in [6.45, 7) is 4.05. The summed E-state index contributed by atoms with van der Waals surface area (Å²) in [4.78, 5) is 4.42. The van der Waals surface area contributed by atoms with Crippen LogP contribution in [0.3, 0.4) is 0 Å². The molecule has 0 saturated heterocycles. The van der Waals surface area contributed by atoms with Gasteiger partial charge >= 0.3 is 0 Å². The van der Waals surface area contributed by atoms with Crippen LogP contribution in [-0.2, 0) is 13.0 Å². The monoisotopic (exact) mass is 179 g/mol. The van der Waals surface area contributed by atoms with Crippen molar-refractivity contribution >= 4 is 0 Å². The minimum absolute atomic E-state index is 0.543. The highest BCUT2D eigenvalue weighted by Crippen LogP contribution is 2.27. The molecule has 0 aromatic carbocycles. The number of aromatic nitrogens is 2. The van der Waals surface area contributed by atoms with E-state index >= 15 is 0 Å². The third kappa shape index (κ3) is 1.37. The Morgan fingerprint density at radius 2 is 2.54 bits per heavy atom. The molecule has 2 heterocycles. The molecule has 1 aliphatic heterocycles. The molecule has 0 saturated carbocycles. The lowest BCUT2D eigenvalue weighted by atomic mass is 9.96. The highest BCUT2D eigenvalue weighted by Gasteiger charge is 2.21. The summed E-state index contributed by atoms with van der Waals surface area (Å²) in [7, 11) is 0. The minimum Gasteiger partial charge on any atom is -0.332 e. The van der Waals surface area contributed by atoms with Crippen LogP contribution in [0, 0.1) is 0 Å². The van der Waals surface area contributed by atoms with Crippen LogP contribution in [-0.4, -0.2) is 16.1 Å². The lowest BCUT2D eigenvalue weighted by molar-refractivity contribution is 0.449. The topological polar surface area (TPSA) is 43.8 Å². The average Bonchev–Trinajstić information content (AvgIpc) is 2.60. The van der Waals surface area contributed by atoms with E-state index < -0.39 is 0 Å². The predicted molar refractivity (Wildman–Crippen MR) is 52.6 cm³/mol. The van der Waals surface area contributed by atoms with Crippen molar-refractivity contribution in [3.05, 3.63) is 17.7 Å². The van der Waals surface area contributed by atoms with E-state index in [9.17, 15) is 0 Å². The number of fused-ring (bicyclic) bond motifs is 1. The van der Waals surface area contributed by atoms with Crippen LogP contribution in [0.4, 0.5) is 0 Å². The third-order valence-electron chi connectivity index (χ3n) is 2.92. The predicted octanol–water partition coefficient (Wildman–Crippen LogP) is 1.28. The van der Waals surface area contributed by atoms with E-state index in [0.717, 1.165) is 19.5 Å². The minimum atomic E-state index is 0.543. The second-order valence-corrected chi connectivity index (χ2v) is 3.68. The molecule has 2 N–H and O–H groups in total. The van der Waals surface area contributed by atoms with E-state index in [1.807, 2.05) is 6.20 Å². The Labute approximate surface area is 79.0 Å². The molecule has 0 radical (unpaired) electrons.